The molecule has 330 valence electrons. The lowest BCUT2D eigenvalue weighted by Gasteiger charge is -2.31. The topological polar surface area (TPSA) is 6.48 Å². The van der Waals surface area contributed by atoms with E-state index in [1.54, 1.807) is 0 Å². The Labute approximate surface area is 406 Å². The Balaban J connectivity index is 0.880. The number of hydrogen-bond donors (Lipinski definition) is 0. The standard InChI is InChI=1S/C67H52N2/c1-67(2)64-25-12-11-24-62(64)63-44-43-60(46-65(63)67)68(56-35-27-49(28-36-56)47-15-5-3-6-16-47)57-37-29-50(30-38-57)51-31-39-58(40-32-51)69(66-26-14-20-53-19-9-10-23-61(53)66)59-41-33-52(34-42-59)55-22-13-21-54(45-55)48-17-7-4-8-18-48/h3-33,35-41,43-46H,34,42H2,1-2H3. The molecule has 0 aromatic heterocycles. The van der Waals surface area contributed by atoms with Crippen molar-refractivity contribution < 1.29 is 0 Å². The summed E-state index contributed by atoms with van der Waals surface area (Å²) in [5.74, 6) is 0. The van der Waals surface area contributed by atoms with Gasteiger partial charge >= 0.3 is 0 Å². The summed E-state index contributed by atoms with van der Waals surface area (Å²) in [6.07, 6.45) is 6.56. The molecule has 0 amide bonds. The SMILES string of the molecule is CC1(C)c2ccccc2-c2ccc(N(c3ccc(-c4ccccc4)cc3)c3ccc(-c4ccc(N(C5=CC=C(c6cccc(-c7ccccc7)c6)CC5)c5cccc6ccccc56)cc4)cc3)cc21. The number of hydrogen-bond acceptors (Lipinski definition) is 2. The molecular formula is C67H52N2. The predicted octanol–water partition coefficient (Wildman–Crippen LogP) is 18.5. The largest absolute Gasteiger partial charge is 0.314 e. The van der Waals surface area contributed by atoms with Crippen molar-refractivity contribution in [3.63, 3.8) is 0 Å². The summed E-state index contributed by atoms with van der Waals surface area (Å²) in [6.45, 7) is 4.71. The van der Waals surface area contributed by atoms with Crippen LogP contribution in [0.3, 0.4) is 0 Å². The minimum Gasteiger partial charge on any atom is -0.314 e. The smallest absolute Gasteiger partial charge is 0.0536 e. The minimum absolute atomic E-state index is 0.105. The average molecular weight is 885 g/mol. The van der Waals surface area contributed by atoms with E-state index in [0.717, 1.165) is 35.6 Å². The average Bonchev–Trinajstić information content (AvgIpc) is 3.65. The first-order chi connectivity index (χ1) is 34.0. The molecular weight excluding hydrogens is 833 g/mol. The fraction of sp³-hybridized carbons (Fsp3) is 0.0746. The van der Waals surface area contributed by atoms with Crippen LogP contribution in [-0.4, -0.2) is 0 Å². The maximum Gasteiger partial charge on any atom is 0.0536 e. The zero-order valence-corrected chi connectivity index (χ0v) is 39.1. The van der Waals surface area contributed by atoms with Crippen molar-refractivity contribution in [2.24, 2.45) is 0 Å². The molecule has 0 N–H and O–H groups in total. The van der Waals surface area contributed by atoms with Gasteiger partial charge in [-0.25, -0.2) is 0 Å². The Hall–Kier alpha value is -8.46. The van der Waals surface area contributed by atoms with E-state index in [2.05, 4.69) is 278 Å². The molecule has 0 saturated heterocycles. The molecule has 0 heterocycles. The lowest BCUT2D eigenvalue weighted by molar-refractivity contribution is 0.660. The molecule has 0 atom stereocenters. The van der Waals surface area contributed by atoms with Gasteiger partial charge in [0.2, 0.25) is 0 Å². The molecule has 0 unspecified atom stereocenters. The van der Waals surface area contributed by atoms with Crippen LogP contribution in [0.2, 0.25) is 0 Å². The number of rotatable bonds is 10. The van der Waals surface area contributed by atoms with Crippen LogP contribution in [0.1, 0.15) is 43.4 Å². The summed E-state index contributed by atoms with van der Waals surface area (Å²) in [7, 11) is 0. The van der Waals surface area contributed by atoms with E-state index < -0.39 is 0 Å². The van der Waals surface area contributed by atoms with Crippen molar-refractivity contribution in [2.45, 2.75) is 32.1 Å². The highest BCUT2D eigenvalue weighted by Crippen LogP contribution is 2.51. The second kappa shape index (κ2) is 17.6. The highest BCUT2D eigenvalue weighted by Gasteiger charge is 2.35. The summed E-state index contributed by atoms with van der Waals surface area (Å²) in [4.78, 5) is 4.88. The Kier molecular flexibility index (Phi) is 10.7. The Morgan fingerprint density at radius 2 is 0.826 bits per heavy atom. The Morgan fingerprint density at radius 3 is 1.48 bits per heavy atom. The number of fused-ring (bicyclic) bond motifs is 4. The van der Waals surface area contributed by atoms with Crippen molar-refractivity contribution in [1.82, 2.24) is 0 Å². The second-order valence-corrected chi connectivity index (χ2v) is 18.9. The Bertz CT molecular complexity index is 3540. The number of benzene rings is 10. The monoisotopic (exact) mass is 884 g/mol. The van der Waals surface area contributed by atoms with Gasteiger partial charge in [-0.3, -0.25) is 0 Å². The lowest BCUT2D eigenvalue weighted by Crippen LogP contribution is -2.18. The first-order valence-corrected chi connectivity index (χ1v) is 24.2. The van der Waals surface area contributed by atoms with Crippen LogP contribution in [0.25, 0.3) is 60.9 Å². The van der Waals surface area contributed by atoms with Crippen LogP contribution in [-0.2, 0) is 5.41 Å². The van der Waals surface area contributed by atoms with Crippen LogP contribution >= 0.6 is 0 Å². The maximum absolute atomic E-state index is 2.47. The fourth-order valence-electron chi connectivity index (χ4n) is 10.8. The fourth-order valence-corrected chi connectivity index (χ4v) is 10.8. The summed E-state index contributed by atoms with van der Waals surface area (Å²) < 4.78 is 0. The molecule has 10 aromatic rings. The van der Waals surface area contributed by atoms with Crippen LogP contribution in [0.4, 0.5) is 28.4 Å². The molecule has 2 heteroatoms. The first-order valence-electron chi connectivity index (χ1n) is 24.2. The molecule has 0 fully saturated rings. The van der Waals surface area contributed by atoms with Crippen LogP contribution in [0.5, 0.6) is 0 Å². The number of anilines is 5. The molecule has 12 rings (SSSR count). The van der Waals surface area contributed by atoms with Crippen molar-refractivity contribution in [1.29, 1.82) is 0 Å². The molecule has 2 aliphatic rings. The van der Waals surface area contributed by atoms with Gasteiger partial charge in [0, 0.05) is 39.2 Å². The van der Waals surface area contributed by atoms with Crippen LogP contribution < -0.4 is 9.80 Å². The highest BCUT2D eigenvalue weighted by atomic mass is 15.2. The van der Waals surface area contributed by atoms with Gasteiger partial charge in [0.15, 0.2) is 0 Å². The van der Waals surface area contributed by atoms with Gasteiger partial charge in [-0.05, 0) is 152 Å². The zero-order chi connectivity index (χ0) is 46.3. The van der Waals surface area contributed by atoms with E-state index in [-0.39, 0.29) is 5.41 Å². The van der Waals surface area contributed by atoms with Crippen LogP contribution in [0.15, 0.2) is 261 Å². The minimum atomic E-state index is -0.105. The van der Waals surface area contributed by atoms with Gasteiger partial charge in [0.05, 0.1) is 5.69 Å². The zero-order valence-electron chi connectivity index (χ0n) is 39.1. The summed E-state index contributed by atoms with van der Waals surface area (Å²) in [5, 5.41) is 2.47. The summed E-state index contributed by atoms with van der Waals surface area (Å²) in [5.41, 5.74) is 22.2. The first kappa shape index (κ1) is 41.9. The van der Waals surface area contributed by atoms with Gasteiger partial charge in [0.1, 0.15) is 0 Å². The molecule has 0 radical (unpaired) electrons. The maximum atomic E-state index is 2.47. The van der Waals surface area contributed by atoms with Crippen LogP contribution in [0, 0.1) is 0 Å². The van der Waals surface area contributed by atoms with Gasteiger partial charge in [-0.2, -0.15) is 0 Å². The molecule has 69 heavy (non-hydrogen) atoms. The molecule has 0 saturated carbocycles. The Morgan fingerprint density at radius 1 is 0.333 bits per heavy atom. The summed E-state index contributed by atoms with van der Waals surface area (Å²) >= 11 is 0. The summed E-state index contributed by atoms with van der Waals surface area (Å²) in [6, 6.07) is 88.8. The second-order valence-electron chi connectivity index (χ2n) is 18.9. The van der Waals surface area contributed by atoms with E-state index in [0.29, 0.717) is 0 Å². The van der Waals surface area contributed by atoms with E-state index in [1.165, 1.54) is 88.9 Å². The molecule has 0 aliphatic heterocycles. The van der Waals surface area contributed by atoms with Crippen molar-refractivity contribution in [3.8, 4) is 44.5 Å². The molecule has 2 nitrogen and oxygen atoms in total. The highest BCUT2D eigenvalue weighted by molar-refractivity contribution is 5.97. The lowest BCUT2D eigenvalue weighted by atomic mass is 9.82. The van der Waals surface area contributed by atoms with E-state index >= 15 is 0 Å². The van der Waals surface area contributed by atoms with E-state index in [4.69, 9.17) is 0 Å². The van der Waals surface area contributed by atoms with Gasteiger partial charge < -0.3 is 9.80 Å². The van der Waals surface area contributed by atoms with Gasteiger partial charge in [-0.1, -0.05) is 202 Å². The van der Waals surface area contributed by atoms with Gasteiger partial charge in [-0.15, -0.1) is 0 Å². The quantitative estimate of drug-likeness (QED) is 0.135. The molecule has 10 aromatic carbocycles. The third-order valence-corrected chi connectivity index (χ3v) is 14.4. The molecule has 2 aliphatic carbocycles. The molecule has 0 bridgehead atoms. The number of allylic oxidation sites excluding steroid dienone is 4. The third kappa shape index (κ3) is 7.84. The van der Waals surface area contributed by atoms with E-state index in [9.17, 15) is 0 Å². The van der Waals surface area contributed by atoms with Crippen molar-refractivity contribution in [2.75, 3.05) is 9.80 Å². The van der Waals surface area contributed by atoms with Gasteiger partial charge in [0.25, 0.3) is 0 Å². The van der Waals surface area contributed by atoms with Crippen molar-refractivity contribution >= 4 is 44.8 Å². The predicted molar refractivity (Wildman–Crippen MR) is 293 cm³/mol. The van der Waals surface area contributed by atoms with Crippen molar-refractivity contribution in [3.05, 3.63) is 277 Å². The third-order valence-electron chi connectivity index (χ3n) is 14.4. The number of nitrogens with zero attached hydrogens (tertiary/aromatic N) is 2. The normalized spacial score (nSPS) is 13.5. The van der Waals surface area contributed by atoms with E-state index in [1.807, 2.05) is 0 Å². The molecule has 0 spiro atoms.